The zero-order chi connectivity index (χ0) is 21.8. The lowest BCUT2D eigenvalue weighted by Gasteiger charge is -2.35. The molecule has 1 aromatic carbocycles. The maximum atomic E-state index is 13.3. The number of morpholine rings is 1. The van der Waals surface area contributed by atoms with E-state index < -0.39 is 0 Å². The van der Waals surface area contributed by atoms with E-state index in [2.05, 4.69) is 11.6 Å². The molecule has 0 bridgehead atoms. The average molecular weight is 408 g/mol. The number of hydrogen-bond donors (Lipinski definition) is 1. The molecule has 2 unspecified atom stereocenters. The highest BCUT2D eigenvalue weighted by Gasteiger charge is 2.28. The van der Waals surface area contributed by atoms with Crippen molar-refractivity contribution in [1.82, 2.24) is 9.88 Å². The molecular formula is C24H28N2O4. The van der Waals surface area contributed by atoms with E-state index in [9.17, 15) is 9.59 Å². The van der Waals surface area contributed by atoms with Crippen LogP contribution in [0.1, 0.15) is 47.2 Å². The first kappa shape index (κ1) is 21.6. The van der Waals surface area contributed by atoms with Crippen molar-refractivity contribution in [3.8, 4) is 0 Å². The number of benzene rings is 1. The zero-order valence-electron chi connectivity index (χ0n) is 17.9. The van der Waals surface area contributed by atoms with Crippen LogP contribution in [0.4, 0.5) is 0 Å². The number of Topliss-reactive ketones (excluding diaryl/α,β-unsaturated/α-hetero) is 1. The van der Waals surface area contributed by atoms with Crippen molar-refractivity contribution in [2.45, 2.75) is 33.0 Å². The number of carbonyl (C=O) groups is 2. The Morgan fingerprint density at radius 2 is 1.77 bits per heavy atom. The lowest BCUT2D eigenvalue weighted by molar-refractivity contribution is -0.0587. The monoisotopic (exact) mass is 408 g/mol. The fourth-order valence-electron chi connectivity index (χ4n) is 3.70. The molecule has 1 N–H and O–H groups in total. The number of aromatic amines is 1. The molecule has 2 heterocycles. The summed E-state index contributed by atoms with van der Waals surface area (Å²) in [5.41, 5.74) is 2.55. The van der Waals surface area contributed by atoms with E-state index in [0.717, 1.165) is 5.56 Å². The lowest BCUT2D eigenvalue weighted by Crippen LogP contribution is -2.48. The zero-order valence-corrected chi connectivity index (χ0v) is 17.9. The van der Waals surface area contributed by atoms with Gasteiger partial charge in [0, 0.05) is 24.8 Å². The summed E-state index contributed by atoms with van der Waals surface area (Å²) in [6.45, 7) is 10.8. The van der Waals surface area contributed by atoms with Crippen molar-refractivity contribution >= 4 is 17.3 Å². The SMILES string of the molecule is C=C(/C(C(=O)c1c[nH]c(C(=O)N2CC(C)OC(C)C2)c1)=C(/C)OC)c1ccccc1. The smallest absolute Gasteiger partial charge is 0.270 e. The number of amides is 1. The highest BCUT2D eigenvalue weighted by Crippen LogP contribution is 2.28. The van der Waals surface area contributed by atoms with E-state index >= 15 is 0 Å². The topological polar surface area (TPSA) is 71.6 Å². The lowest BCUT2D eigenvalue weighted by atomic mass is 9.93. The molecule has 158 valence electrons. The molecule has 6 heteroatoms. The number of hydrogen-bond acceptors (Lipinski definition) is 4. The van der Waals surface area contributed by atoms with Gasteiger partial charge in [-0.15, -0.1) is 0 Å². The average Bonchev–Trinajstić information content (AvgIpc) is 3.23. The normalized spacial score (nSPS) is 19.8. The van der Waals surface area contributed by atoms with Crippen LogP contribution < -0.4 is 0 Å². The molecule has 0 saturated carbocycles. The Labute approximate surface area is 177 Å². The predicted molar refractivity (Wildman–Crippen MR) is 116 cm³/mol. The van der Waals surface area contributed by atoms with E-state index in [-0.39, 0.29) is 23.9 Å². The van der Waals surface area contributed by atoms with Gasteiger partial charge >= 0.3 is 0 Å². The Bertz CT molecular complexity index is 964. The van der Waals surface area contributed by atoms with Gasteiger partial charge in [0.2, 0.25) is 0 Å². The molecule has 0 spiro atoms. The third-order valence-electron chi connectivity index (χ3n) is 5.19. The molecular weight excluding hydrogens is 380 g/mol. The molecule has 2 aromatic rings. The Morgan fingerprint density at radius 3 is 2.37 bits per heavy atom. The highest BCUT2D eigenvalue weighted by atomic mass is 16.5. The van der Waals surface area contributed by atoms with Crippen LogP contribution >= 0.6 is 0 Å². The number of methoxy groups -OCH3 is 1. The van der Waals surface area contributed by atoms with Gasteiger partial charge < -0.3 is 19.4 Å². The van der Waals surface area contributed by atoms with Gasteiger partial charge in [0.25, 0.3) is 5.91 Å². The van der Waals surface area contributed by atoms with Gasteiger partial charge in [0.1, 0.15) is 11.5 Å². The molecule has 1 aromatic heterocycles. The number of nitrogens with zero attached hydrogens (tertiary/aromatic N) is 1. The van der Waals surface area contributed by atoms with Crippen molar-refractivity contribution < 1.29 is 19.1 Å². The van der Waals surface area contributed by atoms with Crippen molar-refractivity contribution in [1.29, 1.82) is 0 Å². The minimum Gasteiger partial charge on any atom is -0.501 e. The van der Waals surface area contributed by atoms with E-state index in [1.54, 1.807) is 24.1 Å². The number of ether oxygens (including phenoxy) is 2. The van der Waals surface area contributed by atoms with Crippen molar-refractivity contribution in [2.24, 2.45) is 0 Å². The van der Waals surface area contributed by atoms with Gasteiger partial charge in [-0.2, -0.15) is 0 Å². The number of H-pyrrole nitrogens is 1. The second-order valence-electron chi connectivity index (χ2n) is 7.58. The Kier molecular flexibility index (Phi) is 6.57. The first-order chi connectivity index (χ1) is 14.3. The molecule has 1 amide bonds. The van der Waals surface area contributed by atoms with Crippen LogP contribution in [0.15, 0.2) is 60.5 Å². The van der Waals surface area contributed by atoms with Crippen molar-refractivity contribution in [3.05, 3.63) is 77.3 Å². The molecule has 0 radical (unpaired) electrons. The second kappa shape index (κ2) is 9.13. The molecule has 3 rings (SSSR count). The standard InChI is InChI=1S/C24H28N2O4/c1-15-13-26(14-16(2)30-15)24(28)21-11-20(12-25-21)23(27)22(18(4)29-5)17(3)19-9-7-6-8-10-19/h6-12,15-16,25H,3,13-14H2,1-2,4-5H3/b22-18+. The Morgan fingerprint density at radius 1 is 1.13 bits per heavy atom. The summed E-state index contributed by atoms with van der Waals surface area (Å²) in [4.78, 5) is 30.9. The molecule has 1 saturated heterocycles. The Hall–Kier alpha value is -3.12. The summed E-state index contributed by atoms with van der Waals surface area (Å²) in [5, 5.41) is 0. The van der Waals surface area contributed by atoms with Gasteiger partial charge in [-0.3, -0.25) is 9.59 Å². The summed E-state index contributed by atoms with van der Waals surface area (Å²) < 4.78 is 11.1. The molecule has 30 heavy (non-hydrogen) atoms. The predicted octanol–water partition coefficient (Wildman–Crippen LogP) is 4.08. The van der Waals surface area contributed by atoms with Crippen LogP contribution in [0.2, 0.25) is 0 Å². The van der Waals surface area contributed by atoms with Crippen LogP contribution in [0.25, 0.3) is 5.57 Å². The summed E-state index contributed by atoms with van der Waals surface area (Å²) >= 11 is 0. The molecule has 0 aliphatic carbocycles. The maximum Gasteiger partial charge on any atom is 0.270 e. The minimum atomic E-state index is -0.248. The van der Waals surface area contributed by atoms with Crippen molar-refractivity contribution in [2.75, 3.05) is 20.2 Å². The largest absolute Gasteiger partial charge is 0.501 e. The van der Waals surface area contributed by atoms with Gasteiger partial charge in [0.05, 0.1) is 24.9 Å². The van der Waals surface area contributed by atoms with E-state index in [4.69, 9.17) is 9.47 Å². The molecule has 1 aliphatic heterocycles. The summed E-state index contributed by atoms with van der Waals surface area (Å²) in [6, 6.07) is 11.1. The molecule has 2 atom stereocenters. The van der Waals surface area contributed by atoms with E-state index in [0.29, 0.717) is 41.3 Å². The van der Waals surface area contributed by atoms with Gasteiger partial charge in [0.15, 0.2) is 5.78 Å². The number of nitrogens with one attached hydrogen (secondary N) is 1. The number of aromatic nitrogens is 1. The number of carbonyl (C=O) groups excluding carboxylic acids is 2. The molecule has 6 nitrogen and oxygen atoms in total. The van der Waals surface area contributed by atoms with Gasteiger partial charge in [-0.1, -0.05) is 36.9 Å². The highest BCUT2D eigenvalue weighted by molar-refractivity contribution is 6.19. The summed E-state index contributed by atoms with van der Waals surface area (Å²) in [6.07, 6.45) is 1.51. The number of ketones is 1. The molecule has 1 fully saturated rings. The van der Waals surface area contributed by atoms with Crippen LogP contribution in [0.3, 0.4) is 0 Å². The second-order valence-corrected chi connectivity index (χ2v) is 7.58. The third kappa shape index (κ3) is 4.54. The van der Waals surface area contributed by atoms with E-state index in [1.807, 2.05) is 44.2 Å². The fraction of sp³-hybridized carbons (Fsp3) is 0.333. The van der Waals surface area contributed by atoms with Gasteiger partial charge in [-0.05, 0) is 38.0 Å². The first-order valence-corrected chi connectivity index (χ1v) is 9.99. The number of allylic oxidation sites excluding steroid dienone is 3. The van der Waals surface area contributed by atoms with Gasteiger partial charge in [-0.25, -0.2) is 0 Å². The van der Waals surface area contributed by atoms with Crippen LogP contribution in [0, 0.1) is 0 Å². The van der Waals surface area contributed by atoms with Crippen molar-refractivity contribution in [3.63, 3.8) is 0 Å². The number of rotatable bonds is 6. The molecule has 1 aliphatic rings. The maximum absolute atomic E-state index is 13.3. The summed E-state index contributed by atoms with van der Waals surface area (Å²) in [5.74, 6) is 0.0768. The fourth-order valence-corrected chi connectivity index (χ4v) is 3.70. The van der Waals surface area contributed by atoms with Crippen LogP contribution in [0.5, 0.6) is 0 Å². The van der Waals surface area contributed by atoms with Crippen LogP contribution in [-0.2, 0) is 9.47 Å². The minimum absolute atomic E-state index is 0.0261. The quantitative estimate of drug-likeness (QED) is 0.338. The Balaban J connectivity index is 1.86. The third-order valence-corrected chi connectivity index (χ3v) is 5.19. The van der Waals surface area contributed by atoms with Crippen LogP contribution in [-0.4, -0.2) is 54.0 Å². The first-order valence-electron chi connectivity index (χ1n) is 9.99. The summed E-state index contributed by atoms with van der Waals surface area (Å²) in [7, 11) is 1.52. The van der Waals surface area contributed by atoms with E-state index in [1.165, 1.54) is 7.11 Å².